The van der Waals surface area contributed by atoms with Gasteiger partial charge in [-0.15, -0.1) is 0 Å². The maximum atomic E-state index is 12.7. The largest absolute Gasteiger partial charge is 0.481 e. The lowest BCUT2D eigenvalue weighted by atomic mass is 10.4. The van der Waals surface area contributed by atoms with E-state index < -0.39 is 16.1 Å². The Hall–Kier alpha value is -2.63. The van der Waals surface area contributed by atoms with Gasteiger partial charge < -0.3 is 4.74 Å². The van der Waals surface area contributed by atoms with E-state index in [4.69, 9.17) is 27.9 Å². The lowest BCUT2D eigenvalue weighted by Gasteiger charge is -2.10. The first kappa shape index (κ1) is 19.1. The van der Waals surface area contributed by atoms with Gasteiger partial charge in [0.25, 0.3) is 10.0 Å². The lowest BCUT2D eigenvalue weighted by molar-refractivity contribution is 0.256. The number of nitrogens with one attached hydrogen (secondary N) is 2. The molecule has 0 saturated heterocycles. The highest BCUT2D eigenvalue weighted by molar-refractivity contribution is 7.90. The number of halogens is 2. The maximum absolute atomic E-state index is 12.7. The van der Waals surface area contributed by atoms with Crippen LogP contribution >= 0.6 is 23.2 Å². The summed E-state index contributed by atoms with van der Waals surface area (Å²) in [5, 5.41) is 1.53. The van der Waals surface area contributed by atoms with Crippen molar-refractivity contribution in [2.24, 2.45) is 0 Å². The molecule has 0 radical (unpaired) electrons. The second-order valence-electron chi connectivity index (χ2n) is 5.18. The van der Waals surface area contributed by atoms with Gasteiger partial charge in [0.1, 0.15) is 10.8 Å². The third-order valence-corrected chi connectivity index (χ3v) is 5.25. The lowest BCUT2D eigenvalue weighted by Crippen LogP contribution is -2.35. The summed E-state index contributed by atoms with van der Waals surface area (Å²) in [5.74, 6) is -0.152. The van der Waals surface area contributed by atoms with E-state index in [9.17, 15) is 13.2 Å². The van der Waals surface area contributed by atoms with Gasteiger partial charge in [0.05, 0.1) is 7.11 Å². The van der Waals surface area contributed by atoms with Crippen LogP contribution in [0.1, 0.15) is 5.69 Å². The molecule has 142 valence electrons. The zero-order chi connectivity index (χ0) is 19.8. The van der Waals surface area contributed by atoms with Crippen LogP contribution in [0, 0.1) is 6.92 Å². The average Bonchev–Trinajstić information content (AvgIpc) is 2.91. The molecule has 27 heavy (non-hydrogen) atoms. The Morgan fingerprint density at radius 1 is 1.22 bits per heavy atom. The molecule has 0 aliphatic carbocycles. The van der Waals surface area contributed by atoms with Crippen molar-refractivity contribution in [1.29, 1.82) is 0 Å². The molecule has 0 atom stereocenters. The highest BCUT2D eigenvalue weighted by atomic mass is 35.5. The van der Waals surface area contributed by atoms with E-state index in [1.54, 1.807) is 25.1 Å². The van der Waals surface area contributed by atoms with Crippen LogP contribution in [0.15, 0.2) is 29.3 Å². The number of aromatic nitrogens is 4. The van der Waals surface area contributed by atoms with Crippen LogP contribution in [-0.4, -0.2) is 40.9 Å². The minimum absolute atomic E-state index is 0.000426. The van der Waals surface area contributed by atoms with Gasteiger partial charge in [-0.3, -0.25) is 9.72 Å². The van der Waals surface area contributed by atoms with E-state index in [0.717, 1.165) is 0 Å². The van der Waals surface area contributed by atoms with E-state index in [2.05, 4.69) is 20.3 Å². The minimum Gasteiger partial charge on any atom is -0.481 e. The highest BCUT2D eigenvalue weighted by Gasteiger charge is 2.27. The standard InChI is InChI=1S/C14H12Cl2N6O4S/c1-7-4-3-5-9-18-11(16)12(22(7)9)27(24,25)21-14(23)20-13-17-8(15)6-10(19-13)26-2/h3-6H,1-2H3,(H2,17,19,20,21,23). The van der Waals surface area contributed by atoms with Crippen molar-refractivity contribution in [2.75, 3.05) is 12.4 Å². The Kier molecular flexibility index (Phi) is 5.09. The fraction of sp³-hybridized carbons (Fsp3) is 0.143. The van der Waals surface area contributed by atoms with Crippen LogP contribution in [0.3, 0.4) is 0 Å². The molecule has 0 fully saturated rings. The number of amides is 2. The summed E-state index contributed by atoms with van der Waals surface area (Å²) in [6, 6.07) is 5.18. The van der Waals surface area contributed by atoms with Crippen LogP contribution in [0.2, 0.25) is 10.3 Å². The molecular formula is C14H12Cl2N6O4S. The summed E-state index contributed by atoms with van der Waals surface area (Å²) in [4.78, 5) is 23.7. The number of rotatable bonds is 4. The number of ether oxygens (including phenoxy) is 1. The molecule has 0 aromatic carbocycles. The number of nitrogens with zero attached hydrogens (tertiary/aromatic N) is 4. The number of hydrogen-bond acceptors (Lipinski definition) is 7. The smallest absolute Gasteiger partial charge is 0.335 e. The number of imidazole rings is 1. The molecule has 0 unspecified atom stereocenters. The quantitative estimate of drug-likeness (QED) is 0.607. The van der Waals surface area contributed by atoms with Crippen molar-refractivity contribution in [3.05, 3.63) is 40.3 Å². The van der Waals surface area contributed by atoms with Crippen LogP contribution in [0.5, 0.6) is 5.88 Å². The monoisotopic (exact) mass is 430 g/mol. The van der Waals surface area contributed by atoms with Crippen molar-refractivity contribution < 1.29 is 17.9 Å². The summed E-state index contributed by atoms with van der Waals surface area (Å²) in [5.41, 5.74) is 0.888. The highest BCUT2D eigenvalue weighted by Crippen LogP contribution is 2.24. The Labute approximate surface area is 163 Å². The molecule has 3 aromatic heterocycles. The zero-order valence-electron chi connectivity index (χ0n) is 13.9. The number of urea groups is 1. The van der Waals surface area contributed by atoms with Gasteiger partial charge in [0, 0.05) is 11.8 Å². The summed E-state index contributed by atoms with van der Waals surface area (Å²) < 4.78 is 33.4. The van der Waals surface area contributed by atoms with Crippen molar-refractivity contribution in [1.82, 2.24) is 24.1 Å². The van der Waals surface area contributed by atoms with Crippen LogP contribution < -0.4 is 14.8 Å². The van der Waals surface area contributed by atoms with E-state index in [1.807, 2.05) is 4.72 Å². The topological polar surface area (TPSA) is 128 Å². The molecule has 0 aliphatic rings. The minimum atomic E-state index is -4.36. The number of fused-ring (bicyclic) bond motifs is 1. The summed E-state index contributed by atoms with van der Waals surface area (Å²) in [6.07, 6.45) is 0. The third-order valence-electron chi connectivity index (χ3n) is 3.34. The van der Waals surface area contributed by atoms with E-state index in [1.165, 1.54) is 17.6 Å². The molecule has 3 rings (SSSR count). The summed E-state index contributed by atoms with van der Waals surface area (Å²) in [6.45, 7) is 1.68. The fourth-order valence-electron chi connectivity index (χ4n) is 2.28. The zero-order valence-corrected chi connectivity index (χ0v) is 16.2. The number of methoxy groups -OCH3 is 1. The average molecular weight is 431 g/mol. The molecule has 2 N–H and O–H groups in total. The maximum Gasteiger partial charge on any atom is 0.335 e. The number of pyridine rings is 1. The molecule has 0 spiro atoms. The van der Waals surface area contributed by atoms with Gasteiger partial charge in [-0.25, -0.2) is 19.5 Å². The molecule has 2 amide bonds. The number of sulfonamides is 1. The molecule has 0 bridgehead atoms. The van der Waals surface area contributed by atoms with Crippen LogP contribution in [0.25, 0.3) is 5.65 Å². The normalized spacial score (nSPS) is 11.4. The predicted octanol–water partition coefficient (Wildman–Crippen LogP) is 2.26. The molecule has 0 aliphatic heterocycles. The Morgan fingerprint density at radius 2 is 1.96 bits per heavy atom. The van der Waals surface area contributed by atoms with E-state index in [0.29, 0.717) is 11.3 Å². The molecule has 0 saturated carbocycles. The van der Waals surface area contributed by atoms with E-state index >= 15 is 0 Å². The molecule has 13 heteroatoms. The Bertz CT molecular complexity index is 1150. The number of carbonyl (C=O) groups excluding carboxylic acids is 1. The fourth-order valence-corrected chi connectivity index (χ4v) is 4.07. The van der Waals surface area contributed by atoms with Gasteiger partial charge >= 0.3 is 6.03 Å². The molecular weight excluding hydrogens is 419 g/mol. The predicted molar refractivity (Wildman–Crippen MR) is 97.9 cm³/mol. The van der Waals surface area contributed by atoms with Gasteiger partial charge in [-0.05, 0) is 19.1 Å². The van der Waals surface area contributed by atoms with Crippen molar-refractivity contribution in [2.45, 2.75) is 11.9 Å². The van der Waals surface area contributed by atoms with Crippen molar-refractivity contribution in [3.63, 3.8) is 0 Å². The number of aryl methyl sites for hydroxylation is 1. The van der Waals surface area contributed by atoms with Gasteiger partial charge in [-0.1, -0.05) is 29.3 Å². The number of anilines is 1. The SMILES string of the molecule is COc1cc(Cl)nc(NC(=O)NS(=O)(=O)c2c(Cl)nc3cccc(C)n23)n1. The molecule has 3 heterocycles. The first-order valence-electron chi connectivity index (χ1n) is 7.27. The molecule has 3 aromatic rings. The number of hydrogen-bond donors (Lipinski definition) is 2. The Morgan fingerprint density at radius 3 is 2.67 bits per heavy atom. The number of carbonyl (C=O) groups is 1. The van der Waals surface area contributed by atoms with Crippen LogP contribution in [-0.2, 0) is 10.0 Å². The second kappa shape index (κ2) is 7.18. The third kappa shape index (κ3) is 3.89. The van der Waals surface area contributed by atoms with Crippen molar-refractivity contribution in [3.8, 4) is 5.88 Å². The first-order valence-corrected chi connectivity index (χ1v) is 9.51. The van der Waals surface area contributed by atoms with Gasteiger partial charge in [0.15, 0.2) is 10.2 Å². The van der Waals surface area contributed by atoms with Crippen molar-refractivity contribution >= 4 is 50.9 Å². The first-order chi connectivity index (χ1) is 12.7. The van der Waals surface area contributed by atoms with Gasteiger partial charge in [0.2, 0.25) is 11.8 Å². The Balaban J connectivity index is 1.90. The molecule has 10 nitrogen and oxygen atoms in total. The summed E-state index contributed by atoms with van der Waals surface area (Å²) >= 11 is 11.8. The van der Waals surface area contributed by atoms with Gasteiger partial charge in [-0.2, -0.15) is 13.4 Å². The summed E-state index contributed by atoms with van der Waals surface area (Å²) in [7, 11) is -3.01. The van der Waals surface area contributed by atoms with E-state index in [-0.39, 0.29) is 27.2 Å². The second-order valence-corrected chi connectivity index (χ2v) is 7.53. The van der Waals surface area contributed by atoms with Crippen LogP contribution in [0.4, 0.5) is 10.7 Å².